The van der Waals surface area contributed by atoms with Gasteiger partial charge in [-0.1, -0.05) is 17.4 Å². The van der Waals surface area contributed by atoms with Crippen molar-refractivity contribution in [2.75, 3.05) is 11.4 Å². The Morgan fingerprint density at radius 2 is 1.65 bits per heavy atom. The molecular formula is C24H21ClF6N4OS. The van der Waals surface area contributed by atoms with Gasteiger partial charge in [-0.25, -0.2) is 9.97 Å². The molecule has 198 valence electrons. The number of imidazole rings is 1. The van der Waals surface area contributed by atoms with Crippen LogP contribution in [0.15, 0.2) is 49.1 Å². The molecule has 0 spiro atoms. The summed E-state index contributed by atoms with van der Waals surface area (Å²) in [6.07, 6.45) is -4.92. The fourth-order valence-electron chi connectivity index (χ4n) is 3.83. The zero-order valence-corrected chi connectivity index (χ0v) is 21.2. The van der Waals surface area contributed by atoms with E-state index in [1.54, 1.807) is 23.3 Å². The number of hydrogen-bond donors (Lipinski definition) is 0. The fourth-order valence-corrected chi connectivity index (χ4v) is 4.87. The molecule has 0 fully saturated rings. The number of rotatable bonds is 6. The fraction of sp³-hybridized carbons (Fsp3) is 0.292. The molecule has 37 heavy (non-hydrogen) atoms. The van der Waals surface area contributed by atoms with Crippen molar-refractivity contribution in [3.05, 3.63) is 76.9 Å². The van der Waals surface area contributed by atoms with E-state index in [1.165, 1.54) is 0 Å². The smallest absolute Gasteiger partial charge is 0.337 e. The molecule has 0 saturated heterocycles. The van der Waals surface area contributed by atoms with Crippen molar-refractivity contribution in [1.82, 2.24) is 14.5 Å². The molecule has 2 aromatic heterocycles. The highest BCUT2D eigenvalue weighted by Gasteiger charge is 2.38. The zero-order chi connectivity index (χ0) is 26.3. The summed E-state index contributed by atoms with van der Waals surface area (Å²) in [5.74, 6) is -0.995. The molecular weight excluding hydrogens is 542 g/mol. The highest BCUT2D eigenvalue weighted by atomic mass is 35.5. The third-order valence-corrected chi connectivity index (χ3v) is 6.71. The second-order valence-corrected chi connectivity index (χ2v) is 9.31. The van der Waals surface area contributed by atoms with Crippen LogP contribution in [0.25, 0.3) is 10.2 Å². The number of amides is 1. The lowest BCUT2D eigenvalue weighted by Crippen LogP contribution is -2.33. The summed E-state index contributed by atoms with van der Waals surface area (Å²) in [6, 6.07) is 4.64. The highest BCUT2D eigenvalue weighted by molar-refractivity contribution is 7.22. The second kappa shape index (κ2) is 10.7. The summed E-state index contributed by atoms with van der Waals surface area (Å²) in [4.78, 5) is 23.0. The first-order chi connectivity index (χ1) is 16.8. The quantitative estimate of drug-likeness (QED) is 0.232. The molecule has 0 N–H and O–H groups in total. The number of alkyl halides is 6. The summed E-state index contributed by atoms with van der Waals surface area (Å²) in [5.41, 5.74) is -1.38. The van der Waals surface area contributed by atoms with Gasteiger partial charge in [0.05, 0.1) is 27.7 Å². The number of benzene rings is 2. The number of halogens is 7. The van der Waals surface area contributed by atoms with Gasteiger partial charge in [-0.3, -0.25) is 9.69 Å². The second-order valence-electron chi connectivity index (χ2n) is 8.33. The molecule has 4 aromatic rings. The van der Waals surface area contributed by atoms with Crippen LogP contribution in [0.2, 0.25) is 0 Å². The number of hydrogen-bond acceptors (Lipinski definition) is 4. The van der Waals surface area contributed by atoms with E-state index in [-0.39, 0.29) is 30.1 Å². The largest absolute Gasteiger partial charge is 0.416 e. The Balaban J connectivity index is 0.00000380. The number of aromatic nitrogens is 3. The molecule has 0 atom stereocenters. The van der Waals surface area contributed by atoms with E-state index in [0.717, 1.165) is 32.1 Å². The van der Waals surface area contributed by atoms with Crippen molar-refractivity contribution in [3.63, 3.8) is 0 Å². The molecule has 1 amide bonds. The lowest BCUT2D eigenvalue weighted by molar-refractivity contribution is -0.143. The van der Waals surface area contributed by atoms with Crippen molar-refractivity contribution in [2.45, 2.75) is 39.2 Å². The number of anilines is 1. The summed E-state index contributed by atoms with van der Waals surface area (Å²) >= 11 is 1.16. The third-order valence-electron chi connectivity index (χ3n) is 5.48. The van der Waals surface area contributed by atoms with E-state index >= 15 is 0 Å². The number of carbonyl (C=O) groups excluding carboxylic acids is 1. The van der Waals surface area contributed by atoms with Gasteiger partial charge in [-0.2, -0.15) is 26.3 Å². The summed E-state index contributed by atoms with van der Waals surface area (Å²) in [7, 11) is 0. The maximum Gasteiger partial charge on any atom is 0.416 e. The Hall–Kier alpha value is -3.12. The minimum Gasteiger partial charge on any atom is -0.337 e. The van der Waals surface area contributed by atoms with Crippen LogP contribution in [-0.2, 0) is 18.9 Å². The molecule has 0 aliphatic rings. The molecule has 0 bridgehead atoms. The number of thiazole rings is 1. The summed E-state index contributed by atoms with van der Waals surface area (Å²) in [6.45, 7) is 4.20. The topological polar surface area (TPSA) is 51.0 Å². The Morgan fingerprint density at radius 1 is 1.00 bits per heavy atom. The van der Waals surface area contributed by atoms with Crippen molar-refractivity contribution in [1.29, 1.82) is 0 Å². The Bertz CT molecular complexity index is 1370. The molecule has 0 aliphatic carbocycles. The van der Waals surface area contributed by atoms with E-state index in [0.29, 0.717) is 30.6 Å². The van der Waals surface area contributed by atoms with Crippen LogP contribution in [0.3, 0.4) is 0 Å². The van der Waals surface area contributed by atoms with Gasteiger partial charge >= 0.3 is 12.4 Å². The molecule has 0 saturated carbocycles. The summed E-state index contributed by atoms with van der Waals surface area (Å²) in [5, 5.41) is 0.195. The predicted octanol–water partition coefficient (Wildman–Crippen LogP) is 7.31. The van der Waals surface area contributed by atoms with Crippen molar-refractivity contribution in [3.8, 4) is 0 Å². The van der Waals surface area contributed by atoms with Gasteiger partial charge in [0.25, 0.3) is 5.91 Å². The first-order valence-electron chi connectivity index (χ1n) is 10.8. The SMILES string of the molecule is Cc1cc(C)c2sc(N(CCCn3ccnc3)C(=O)c3cc(C(F)(F)F)cc(C(F)(F)F)c3)nc2c1.Cl. The van der Waals surface area contributed by atoms with E-state index in [1.807, 2.05) is 26.0 Å². The van der Waals surface area contributed by atoms with Crippen LogP contribution in [0.5, 0.6) is 0 Å². The summed E-state index contributed by atoms with van der Waals surface area (Å²) < 4.78 is 82.9. The van der Waals surface area contributed by atoms with Gasteiger partial charge in [-0.15, -0.1) is 12.4 Å². The van der Waals surface area contributed by atoms with Crippen LogP contribution >= 0.6 is 23.7 Å². The van der Waals surface area contributed by atoms with E-state index in [4.69, 9.17) is 0 Å². The van der Waals surface area contributed by atoms with E-state index < -0.39 is 35.0 Å². The first-order valence-corrected chi connectivity index (χ1v) is 11.6. The van der Waals surface area contributed by atoms with Gasteiger partial charge in [0.15, 0.2) is 5.13 Å². The van der Waals surface area contributed by atoms with Crippen LogP contribution in [0.1, 0.15) is 39.0 Å². The standard InChI is InChI=1S/C24H20F6N4OS.ClH/c1-14-8-15(2)20-19(9-14)32-22(36-20)34(6-3-5-33-7-4-31-13-33)21(35)16-10-17(23(25,26)27)12-18(11-16)24(28,29)30;/h4,7-13H,3,5-6H2,1-2H3;1H. The van der Waals surface area contributed by atoms with Crippen molar-refractivity contribution in [2.24, 2.45) is 0 Å². The Kier molecular flexibility index (Phi) is 8.23. The molecule has 5 nitrogen and oxygen atoms in total. The zero-order valence-electron chi connectivity index (χ0n) is 19.5. The van der Waals surface area contributed by atoms with Crippen molar-refractivity contribution < 1.29 is 31.1 Å². The maximum atomic E-state index is 13.5. The number of carbonyl (C=O) groups is 1. The van der Waals surface area contributed by atoms with Gasteiger partial charge in [0.2, 0.25) is 0 Å². The van der Waals surface area contributed by atoms with Gasteiger partial charge < -0.3 is 4.57 Å². The molecule has 4 rings (SSSR count). The third kappa shape index (κ3) is 6.42. The average molecular weight is 563 g/mol. The normalized spacial score (nSPS) is 12.0. The molecule has 2 heterocycles. The first kappa shape index (κ1) is 28.5. The monoisotopic (exact) mass is 562 g/mol. The van der Waals surface area contributed by atoms with Gasteiger partial charge in [-0.05, 0) is 55.7 Å². The van der Waals surface area contributed by atoms with E-state index in [2.05, 4.69) is 9.97 Å². The Morgan fingerprint density at radius 3 is 2.22 bits per heavy atom. The van der Waals surface area contributed by atoms with E-state index in [9.17, 15) is 31.1 Å². The van der Waals surface area contributed by atoms with Crippen LogP contribution < -0.4 is 4.90 Å². The number of fused-ring (bicyclic) bond motifs is 1. The minimum atomic E-state index is -5.06. The number of aryl methyl sites for hydroxylation is 3. The maximum absolute atomic E-state index is 13.5. The predicted molar refractivity (Wildman–Crippen MR) is 131 cm³/mol. The van der Waals surface area contributed by atoms with Crippen LogP contribution in [-0.4, -0.2) is 27.0 Å². The number of nitrogens with zero attached hydrogens (tertiary/aromatic N) is 4. The molecule has 0 aliphatic heterocycles. The lowest BCUT2D eigenvalue weighted by atomic mass is 10.0. The molecule has 0 radical (unpaired) electrons. The minimum absolute atomic E-state index is 0. The van der Waals surface area contributed by atoms with Gasteiger partial charge in [0, 0.05) is 31.0 Å². The van der Waals surface area contributed by atoms with Gasteiger partial charge in [0.1, 0.15) is 0 Å². The van der Waals surface area contributed by atoms with Crippen LogP contribution in [0.4, 0.5) is 31.5 Å². The average Bonchev–Trinajstić information content (AvgIpc) is 3.45. The van der Waals surface area contributed by atoms with Crippen LogP contribution in [0, 0.1) is 13.8 Å². The van der Waals surface area contributed by atoms with Crippen molar-refractivity contribution >= 4 is 45.0 Å². The molecule has 0 unspecified atom stereocenters. The highest BCUT2D eigenvalue weighted by Crippen LogP contribution is 2.38. The molecule has 13 heteroatoms. The Labute approximate surface area is 218 Å². The lowest BCUT2D eigenvalue weighted by Gasteiger charge is -2.21. The molecule has 2 aromatic carbocycles.